The van der Waals surface area contributed by atoms with Crippen LogP contribution in [-0.2, 0) is 13.1 Å². The highest BCUT2D eigenvalue weighted by Gasteiger charge is 2.11. The summed E-state index contributed by atoms with van der Waals surface area (Å²) in [6.45, 7) is 6.70. The number of aryl methyl sites for hydroxylation is 2. The van der Waals surface area contributed by atoms with Crippen molar-refractivity contribution in [2.75, 3.05) is 0 Å². The van der Waals surface area contributed by atoms with Crippen molar-refractivity contribution >= 4 is 32.6 Å². The minimum Gasteiger partial charge on any atom is -0.255 e. The van der Waals surface area contributed by atoms with Crippen LogP contribution in [0.1, 0.15) is 78.1 Å². The molecule has 0 amide bonds. The molecule has 0 unspecified atom stereocenters. The van der Waals surface area contributed by atoms with E-state index in [-0.39, 0.29) is 0 Å². The number of fused-ring (bicyclic) bond motifs is 5. The van der Waals surface area contributed by atoms with Crippen LogP contribution in [0.4, 0.5) is 0 Å². The first-order valence-corrected chi connectivity index (χ1v) is 16.8. The summed E-state index contributed by atoms with van der Waals surface area (Å²) in [6, 6.07) is 22.2. The summed E-state index contributed by atoms with van der Waals surface area (Å²) in [4.78, 5) is 9.93. The molecule has 0 aliphatic carbocycles. The molecule has 0 fully saturated rings. The maximum Gasteiger partial charge on any atom is 0.169 e. The number of hydrogen-bond acceptors (Lipinski definition) is 2. The highest BCUT2D eigenvalue weighted by atomic mass is 14.9. The zero-order valence-electron chi connectivity index (χ0n) is 26.5. The zero-order chi connectivity index (χ0) is 30.1. The van der Waals surface area contributed by atoms with E-state index in [0.717, 1.165) is 56.8 Å². The molecule has 0 aliphatic heterocycles. The molecule has 0 saturated heterocycles. The van der Waals surface area contributed by atoms with Crippen LogP contribution in [0.3, 0.4) is 0 Å². The molecule has 44 heavy (non-hydrogen) atoms. The van der Waals surface area contributed by atoms with Gasteiger partial charge in [0.25, 0.3) is 0 Å². The van der Waals surface area contributed by atoms with E-state index in [1.807, 2.05) is 12.4 Å². The van der Waals surface area contributed by atoms with Gasteiger partial charge in [-0.25, -0.2) is 9.13 Å². The Kier molecular flexibility index (Phi) is 9.86. The van der Waals surface area contributed by atoms with Gasteiger partial charge in [-0.05, 0) is 36.1 Å². The fourth-order valence-corrected chi connectivity index (χ4v) is 6.32. The molecular weight excluding hydrogens is 536 g/mol. The van der Waals surface area contributed by atoms with Gasteiger partial charge in [-0.15, -0.1) is 0 Å². The van der Waals surface area contributed by atoms with Gasteiger partial charge < -0.3 is 0 Å². The van der Waals surface area contributed by atoms with Crippen molar-refractivity contribution in [3.8, 4) is 22.3 Å². The van der Waals surface area contributed by atoms with E-state index in [2.05, 4.69) is 108 Å². The molecule has 0 N–H and O–H groups in total. The predicted molar refractivity (Wildman–Crippen MR) is 183 cm³/mol. The first-order chi connectivity index (χ1) is 21.7. The zero-order valence-corrected chi connectivity index (χ0v) is 26.5. The van der Waals surface area contributed by atoms with Crippen molar-refractivity contribution in [1.29, 1.82) is 0 Å². The van der Waals surface area contributed by atoms with Gasteiger partial charge >= 0.3 is 0 Å². The van der Waals surface area contributed by atoms with Crippen LogP contribution in [0.15, 0.2) is 97.8 Å². The van der Waals surface area contributed by atoms with Crippen LogP contribution in [0.25, 0.3) is 54.8 Å². The molecule has 4 heteroatoms. The monoisotopic (exact) mass is 582 g/mol. The average Bonchev–Trinajstić information content (AvgIpc) is 3.08. The lowest BCUT2D eigenvalue weighted by atomic mass is 9.99. The summed E-state index contributed by atoms with van der Waals surface area (Å²) < 4.78 is 4.59. The number of unbranched alkanes of at least 4 members (excludes halogenated alkanes) is 8. The molecule has 4 heterocycles. The lowest BCUT2D eigenvalue weighted by Gasteiger charge is -2.09. The standard InChI is InChI=1S/C40H46N4/c1-3-5-7-9-11-21-43-23-17-31(18-24-43)35-27-33-13-15-38-37(39(33)41-29-35)16-14-34-28-36(30-42-40(34)38)32-19-25-44(26-20-32)22-12-10-8-6-4-2/h13-20,23-30H,3-12,21-22H2,1-2H3/q+2. The number of benzene rings is 2. The average molecular weight is 583 g/mol. The third kappa shape index (κ3) is 6.96. The molecule has 0 spiro atoms. The maximum atomic E-state index is 4.97. The SMILES string of the molecule is CCCCCCC[n+]1ccc(-c2cnc3c(ccc4c3ccc3cc(-c5cc[n+](CCCCCCC)cc5)cnc34)c2)cc1. The number of hydrogen-bond donors (Lipinski definition) is 0. The fraction of sp³-hybridized carbons (Fsp3) is 0.350. The van der Waals surface area contributed by atoms with Crippen molar-refractivity contribution in [2.45, 2.75) is 91.1 Å². The Hall–Kier alpha value is -4.18. The maximum absolute atomic E-state index is 4.97. The Morgan fingerprint density at radius 2 is 0.864 bits per heavy atom. The largest absolute Gasteiger partial charge is 0.255 e. The molecule has 0 atom stereocenters. The van der Waals surface area contributed by atoms with E-state index in [0.29, 0.717) is 0 Å². The van der Waals surface area contributed by atoms with Crippen LogP contribution in [-0.4, -0.2) is 9.97 Å². The lowest BCUT2D eigenvalue weighted by Crippen LogP contribution is -2.32. The van der Waals surface area contributed by atoms with E-state index >= 15 is 0 Å². The van der Waals surface area contributed by atoms with Crippen molar-refractivity contribution in [3.05, 3.63) is 97.8 Å². The third-order valence-corrected chi connectivity index (χ3v) is 8.98. The summed E-state index contributed by atoms with van der Waals surface area (Å²) >= 11 is 0. The van der Waals surface area contributed by atoms with Crippen LogP contribution in [0.5, 0.6) is 0 Å². The van der Waals surface area contributed by atoms with E-state index in [1.165, 1.54) is 75.3 Å². The van der Waals surface area contributed by atoms with Crippen molar-refractivity contribution in [3.63, 3.8) is 0 Å². The highest BCUT2D eigenvalue weighted by molar-refractivity contribution is 6.15. The first-order valence-electron chi connectivity index (χ1n) is 16.8. The smallest absolute Gasteiger partial charge is 0.169 e. The quantitative estimate of drug-likeness (QED) is 0.0728. The Morgan fingerprint density at radius 1 is 0.455 bits per heavy atom. The third-order valence-electron chi connectivity index (χ3n) is 8.98. The summed E-state index contributed by atoms with van der Waals surface area (Å²) in [5.74, 6) is 0. The molecule has 4 nitrogen and oxygen atoms in total. The molecule has 4 aromatic heterocycles. The lowest BCUT2D eigenvalue weighted by molar-refractivity contribution is -0.697. The molecule has 2 aromatic carbocycles. The van der Waals surface area contributed by atoms with Gasteiger partial charge in [0.15, 0.2) is 24.8 Å². The Morgan fingerprint density at radius 3 is 1.27 bits per heavy atom. The fourth-order valence-electron chi connectivity index (χ4n) is 6.32. The molecular formula is C40H46N4+2. The second-order valence-corrected chi connectivity index (χ2v) is 12.3. The van der Waals surface area contributed by atoms with Crippen LogP contribution < -0.4 is 9.13 Å². The van der Waals surface area contributed by atoms with Crippen molar-refractivity contribution < 1.29 is 9.13 Å². The number of pyridine rings is 4. The molecule has 224 valence electrons. The first kappa shape index (κ1) is 29.9. The van der Waals surface area contributed by atoms with Gasteiger partial charge in [0.1, 0.15) is 13.1 Å². The van der Waals surface area contributed by atoms with E-state index in [4.69, 9.17) is 9.97 Å². The summed E-state index contributed by atoms with van der Waals surface area (Å²) in [7, 11) is 0. The topological polar surface area (TPSA) is 33.5 Å². The van der Waals surface area contributed by atoms with Gasteiger partial charge in [0.05, 0.1) is 11.0 Å². The van der Waals surface area contributed by atoms with Crippen molar-refractivity contribution in [2.24, 2.45) is 0 Å². The van der Waals surface area contributed by atoms with Crippen LogP contribution in [0, 0.1) is 0 Å². The molecule has 6 rings (SSSR count). The molecule has 0 saturated carbocycles. The van der Waals surface area contributed by atoms with E-state index < -0.39 is 0 Å². The number of nitrogens with zero attached hydrogens (tertiary/aromatic N) is 4. The number of aromatic nitrogens is 4. The molecule has 6 aromatic rings. The second kappa shape index (κ2) is 14.5. The predicted octanol–water partition coefficient (Wildman–Crippen LogP) is 9.79. The Balaban J connectivity index is 1.18. The van der Waals surface area contributed by atoms with Crippen molar-refractivity contribution in [1.82, 2.24) is 9.97 Å². The summed E-state index contributed by atoms with van der Waals surface area (Å²) in [5, 5.41) is 4.61. The van der Waals surface area contributed by atoms with Crippen LogP contribution in [0.2, 0.25) is 0 Å². The van der Waals surface area contributed by atoms with Gasteiger partial charge in [0.2, 0.25) is 0 Å². The van der Waals surface area contributed by atoms with Gasteiger partial charge in [0, 0.05) is 82.2 Å². The summed E-state index contributed by atoms with van der Waals surface area (Å²) in [5.41, 5.74) is 6.76. The van der Waals surface area contributed by atoms with Gasteiger partial charge in [-0.3, -0.25) is 9.97 Å². The summed E-state index contributed by atoms with van der Waals surface area (Å²) in [6.07, 6.45) is 25.9. The Bertz CT molecular complexity index is 1690. The van der Waals surface area contributed by atoms with Gasteiger partial charge in [-0.2, -0.15) is 0 Å². The second-order valence-electron chi connectivity index (χ2n) is 12.3. The molecule has 0 aliphatic rings. The number of rotatable bonds is 14. The molecule has 0 radical (unpaired) electrons. The van der Waals surface area contributed by atoms with E-state index in [1.54, 1.807) is 0 Å². The van der Waals surface area contributed by atoms with Gasteiger partial charge in [-0.1, -0.05) is 76.6 Å². The minimum atomic E-state index is 1.03. The van der Waals surface area contributed by atoms with E-state index in [9.17, 15) is 0 Å². The minimum absolute atomic E-state index is 1.03. The normalized spacial score (nSPS) is 11.6. The van der Waals surface area contributed by atoms with Crippen LogP contribution >= 0.6 is 0 Å². The Labute approximate surface area is 262 Å². The molecule has 0 bridgehead atoms. The highest BCUT2D eigenvalue weighted by Crippen LogP contribution is 2.32.